The van der Waals surface area contributed by atoms with Crippen molar-refractivity contribution in [3.8, 4) is 6.01 Å². The first-order valence-electron chi connectivity index (χ1n) is 7.04. The Labute approximate surface area is 118 Å². The zero-order valence-corrected chi connectivity index (χ0v) is 12.1. The van der Waals surface area contributed by atoms with Crippen molar-refractivity contribution in [3.63, 3.8) is 0 Å². The third-order valence-electron chi connectivity index (χ3n) is 2.65. The number of hydrogen-bond acceptors (Lipinski definition) is 8. The lowest BCUT2D eigenvalue weighted by atomic mass is 10.5. The van der Waals surface area contributed by atoms with Crippen molar-refractivity contribution < 1.29 is 9.47 Å². The molecule has 20 heavy (non-hydrogen) atoms. The van der Waals surface area contributed by atoms with Crippen molar-refractivity contribution in [2.24, 2.45) is 0 Å². The highest BCUT2D eigenvalue weighted by molar-refractivity contribution is 5.35. The summed E-state index contributed by atoms with van der Waals surface area (Å²) in [7, 11) is 0. The van der Waals surface area contributed by atoms with Crippen molar-refractivity contribution in [3.05, 3.63) is 0 Å². The Bertz CT molecular complexity index is 411. The number of hydrazine groups is 1. The molecular formula is C12H22N6O2. The molecule has 112 valence electrons. The van der Waals surface area contributed by atoms with Crippen molar-refractivity contribution in [2.75, 3.05) is 50.2 Å². The number of rotatable bonds is 7. The molecule has 0 spiro atoms. The van der Waals surface area contributed by atoms with E-state index in [1.165, 1.54) is 0 Å². The topological polar surface area (TPSA) is 84.4 Å². The number of nitrogens with zero attached hydrogens (tertiary/aromatic N) is 4. The average molecular weight is 282 g/mol. The van der Waals surface area contributed by atoms with Crippen LogP contribution >= 0.6 is 0 Å². The molecule has 0 aliphatic carbocycles. The minimum absolute atomic E-state index is 0.341. The van der Waals surface area contributed by atoms with Gasteiger partial charge in [0.15, 0.2) is 0 Å². The van der Waals surface area contributed by atoms with Crippen LogP contribution in [0.5, 0.6) is 6.01 Å². The molecule has 0 amide bonds. The minimum Gasteiger partial charge on any atom is -0.463 e. The molecule has 1 aromatic rings. The van der Waals surface area contributed by atoms with Crippen molar-refractivity contribution in [1.82, 2.24) is 20.0 Å². The molecule has 0 radical (unpaired) electrons. The van der Waals surface area contributed by atoms with E-state index in [0.29, 0.717) is 37.7 Å². The second-order valence-corrected chi connectivity index (χ2v) is 4.36. The van der Waals surface area contributed by atoms with Crippen LogP contribution in [0.15, 0.2) is 0 Å². The summed E-state index contributed by atoms with van der Waals surface area (Å²) in [6.45, 7) is 8.38. The first-order chi connectivity index (χ1) is 9.81. The molecule has 0 atom stereocenters. The predicted molar refractivity (Wildman–Crippen MR) is 75.8 cm³/mol. The van der Waals surface area contributed by atoms with Crippen molar-refractivity contribution in [1.29, 1.82) is 0 Å². The fourth-order valence-electron chi connectivity index (χ4n) is 1.72. The van der Waals surface area contributed by atoms with Gasteiger partial charge in [0.2, 0.25) is 11.9 Å². The molecule has 2 N–H and O–H groups in total. The lowest BCUT2D eigenvalue weighted by molar-refractivity contribution is 0.0492. The first-order valence-corrected chi connectivity index (χ1v) is 7.04. The first kappa shape index (κ1) is 14.7. The SMILES string of the molecule is CCCOc1nc(NCC)nc(NN2CCOCC2)n1. The van der Waals surface area contributed by atoms with E-state index in [9.17, 15) is 0 Å². The Morgan fingerprint density at radius 2 is 1.90 bits per heavy atom. The van der Waals surface area contributed by atoms with E-state index in [-0.39, 0.29) is 0 Å². The van der Waals surface area contributed by atoms with E-state index in [1.54, 1.807) is 0 Å². The highest BCUT2D eigenvalue weighted by Gasteiger charge is 2.13. The zero-order chi connectivity index (χ0) is 14.2. The van der Waals surface area contributed by atoms with Crippen LogP contribution in [-0.4, -0.2) is 59.4 Å². The molecule has 1 aliphatic heterocycles. The van der Waals surface area contributed by atoms with Crippen LogP contribution in [0, 0.1) is 0 Å². The predicted octanol–water partition coefficient (Wildman–Crippen LogP) is 0.751. The fourth-order valence-corrected chi connectivity index (χ4v) is 1.72. The van der Waals surface area contributed by atoms with Crippen LogP contribution in [0.25, 0.3) is 0 Å². The largest absolute Gasteiger partial charge is 0.463 e. The van der Waals surface area contributed by atoms with Crippen LogP contribution < -0.4 is 15.5 Å². The molecule has 2 rings (SSSR count). The molecule has 8 nitrogen and oxygen atoms in total. The molecule has 1 saturated heterocycles. The molecule has 1 aliphatic rings. The van der Waals surface area contributed by atoms with E-state index in [2.05, 4.69) is 25.7 Å². The molecule has 0 aromatic carbocycles. The van der Waals surface area contributed by atoms with Gasteiger partial charge in [0.05, 0.1) is 19.8 Å². The highest BCUT2D eigenvalue weighted by Crippen LogP contribution is 2.12. The third kappa shape index (κ3) is 4.46. The van der Waals surface area contributed by atoms with E-state index >= 15 is 0 Å². The maximum absolute atomic E-state index is 5.49. The van der Waals surface area contributed by atoms with Crippen molar-refractivity contribution in [2.45, 2.75) is 20.3 Å². The van der Waals surface area contributed by atoms with Gasteiger partial charge in [0.1, 0.15) is 0 Å². The molecule has 8 heteroatoms. The Morgan fingerprint density at radius 3 is 2.60 bits per heavy atom. The smallest absolute Gasteiger partial charge is 0.323 e. The van der Waals surface area contributed by atoms with Crippen LogP contribution in [-0.2, 0) is 4.74 Å². The third-order valence-corrected chi connectivity index (χ3v) is 2.65. The van der Waals surface area contributed by atoms with E-state index in [4.69, 9.17) is 9.47 Å². The van der Waals surface area contributed by atoms with Crippen LogP contribution in [0.3, 0.4) is 0 Å². The number of aromatic nitrogens is 3. The number of anilines is 2. The lowest BCUT2D eigenvalue weighted by Gasteiger charge is -2.26. The monoisotopic (exact) mass is 282 g/mol. The quantitative estimate of drug-likeness (QED) is 0.758. The van der Waals surface area contributed by atoms with Crippen LogP contribution in [0.2, 0.25) is 0 Å². The molecule has 0 bridgehead atoms. The van der Waals surface area contributed by atoms with Gasteiger partial charge in [-0.15, -0.1) is 0 Å². The second-order valence-electron chi connectivity index (χ2n) is 4.36. The second kappa shape index (κ2) is 7.81. The number of morpholine rings is 1. The standard InChI is InChI=1S/C12H22N6O2/c1-3-7-20-12-15-10(13-4-2)14-11(16-12)17-18-5-8-19-9-6-18/h3-9H2,1-2H3,(H2,13,14,15,16,17). The Kier molecular flexibility index (Phi) is 5.75. The summed E-state index contributed by atoms with van der Waals surface area (Å²) in [6, 6.07) is 0.341. The number of nitrogens with one attached hydrogen (secondary N) is 2. The summed E-state index contributed by atoms with van der Waals surface area (Å²) in [5.74, 6) is 1.01. The Hall–Kier alpha value is -1.67. The fraction of sp³-hybridized carbons (Fsp3) is 0.750. The van der Waals surface area contributed by atoms with Gasteiger partial charge in [-0.05, 0) is 13.3 Å². The molecule has 2 heterocycles. The van der Waals surface area contributed by atoms with E-state index in [0.717, 1.165) is 26.1 Å². The van der Waals surface area contributed by atoms with Gasteiger partial charge in [0.25, 0.3) is 0 Å². The van der Waals surface area contributed by atoms with Gasteiger partial charge < -0.3 is 14.8 Å². The summed E-state index contributed by atoms with van der Waals surface area (Å²) < 4.78 is 10.8. The summed E-state index contributed by atoms with van der Waals surface area (Å²) >= 11 is 0. The molecule has 1 fully saturated rings. The summed E-state index contributed by atoms with van der Waals surface area (Å²) in [5, 5.41) is 5.10. The molecular weight excluding hydrogens is 260 g/mol. The van der Waals surface area contributed by atoms with Crippen molar-refractivity contribution >= 4 is 11.9 Å². The Morgan fingerprint density at radius 1 is 1.15 bits per heavy atom. The molecule has 0 saturated carbocycles. The minimum atomic E-state index is 0.341. The van der Waals surface area contributed by atoms with Crippen LogP contribution in [0.4, 0.5) is 11.9 Å². The summed E-state index contributed by atoms with van der Waals surface area (Å²) in [6.07, 6.45) is 0.911. The van der Waals surface area contributed by atoms with Gasteiger partial charge in [-0.25, -0.2) is 5.01 Å². The van der Waals surface area contributed by atoms with E-state index < -0.39 is 0 Å². The normalized spacial score (nSPS) is 15.9. The van der Waals surface area contributed by atoms with Gasteiger partial charge >= 0.3 is 6.01 Å². The summed E-state index contributed by atoms with van der Waals surface area (Å²) in [4.78, 5) is 12.8. The van der Waals surface area contributed by atoms with Crippen LogP contribution in [0.1, 0.15) is 20.3 Å². The summed E-state index contributed by atoms with van der Waals surface area (Å²) in [5.41, 5.74) is 3.17. The number of ether oxygens (including phenoxy) is 2. The zero-order valence-electron chi connectivity index (χ0n) is 12.1. The highest BCUT2D eigenvalue weighted by atomic mass is 16.5. The molecule has 1 aromatic heterocycles. The van der Waals surface area contributed by atoms with Gasteiger partial charge in [-0.2, -0.15) is 15.0 Å². The van der Waals surface area contributed by atoms with Gasteiger partial charge in [0, 0.05) is 19.6 Å². The van der Waals surface area contributed by atoms with E-state index in [1.807, 2.05) is 18.9 Å². The maximum atomic E-state index is 5.49. The Balaban J connectivity index is 2.06. The van der Waals surface area contributed by atoms with Gasteiger partial charge in [-0.3, -0.25) is 5.43 Å². The molecule has 0 unspecified atom stereocenters. The number of hydrogen-bond donors (Lipinski definition) is 2. The average Bonchev–Trinajstić information content (AvgIpc) is 2.46. The lowest BCUT2D eigenvalue weighted by Crippen LogP contribution is -2.40. The van der Waals surface area contributed by atoms with Gasteiger partial charge in [-0.1, -0.05) is 6.92 Å². The maximum Gasteiger partial charge on any atom is 0.323 e.